The van der Waals surface area contributed by atoms with Gasteiger partial charge in [-0.1, -0.05) is 6.07 Å². The van der Waals surface area contributed by atoms with E-state index in [9.17, 15) is 0 Å². The van der Waals surface area contributed by atoms with E-state index in [-0.39, 0.29) is 6.01 Å². The molecule has 0 bridgehead atoms. The first-order valence-corrected chi connectivity index (χ1v) is 7.52. The lowest BCUT2D eigenvalue weighted by Gasteiger charge is -2.05. The Bertz CT molecular complexity index is 860. The van der Waals surface area contributed by atoms with Crippen molar-refractivity contribution in [1.82, 2.24) is 24.3 Å². The van der Waals surface area contributed by atoms with Crippen molar-refractivity contribution >= 4 is 19.6 Å². The van der Waals surface area contributed by atoms with E-state index < -0.39 is 0 Å². The second-order valence-corrected chi connectivity index (χ2v) is 5.69. The standard InChI is InChI=1S/C15H15BN6O/c1-9-18-14(21-15(19-9)23-16)17-6-12-8-22-7-11(10-2-3-10)4-5-13(22)20-12/h4-5,7-8,10H,2-3,6H2,1H3,(H,17,18,19,21). The highest BCUT2D eigenvalue weighted by Gasteiger charge is 2.23. The van der Waals surface area contributed by atoms with Gasteiger partial charge in [0.25, 0.3) is 0 Å². The average Bonchev–Trinajstić information content (AvgIpc) is 3.31. The molecule has 4 rings (SSSR count). The third-order valence-corrected chi connectivity index (χ3v) is 3.83. The first kappa shape index (κ1) is 14.0. The summed E-state index contributed by atoms with van der Waals surface area (Å²) in [5.74, 6) is 1.67. The lowest BCUT2D eigenvalue weighted by atomic mass is 10.2. The molecule has 0 unspecified atom stereocenters. The van der Waals surface area contributed by atoms with Gasteiger partial charge in [-0.2, -0.15) is 15.0 Å². The van der Waals surface area contributed by atoms with Crippen molar-refractivity contribution in [1.29, 1.82) is 0 Å². The van der Waals surface area contributed by atoms with Gasteiger partial charge in [0.05, 0.1) is 12.2 Å². The van der Waals surface area contributed by atoms with E-state index in [2.05, 4.69) is 52.6 Å². The molecule has 8 heteroatoms. The summed E-state index contributed by atoms with van der Waals surface area (Å²) in [5.41, 5.74) is 3.22. The van der Waals surface area contributed by atoms with Crippen molar-refractivity contribution in [2.24, 2.45) is 0 Å². The molecule has 3 aromatic rings. The summed E-state index contributed by atoms with van der Waals surface area (Å²) < 4.78 is 6.62. The molecule has 0 aliphatic heterocycles. The number of anilines is 1. The monoisotopic (exact) mass is 306 g/mol. The Morgan fingerprint density at radius 1 is 1.22 bits per heavy atom. The van der Waals surface area contributed by atoms with Crippen LogP contribution in [0.5, 0.6) is 6.01 Å². The Morgan fingerprint density at radius 3 is 2.87 bits per heavy atom. The maximum absolute atomic E-state index is 5.09. The van der Waals surface area contributed by atoms with Crippen molar-refractivity contribution in [2.45, 2.75) is 32.2 Å². The summed E-state index contributed by atoms with van der Waals surface area (Å²) in [6.45, 7) is 2.26. The van der Waals surface area contributed by atoms with Crippen LogP contribution in [0.25, 0.3) is 5.65 Å². The molecule has 0 saturated heterocycles. The lowest BCUT2D eigenvalue weighted by molar-refractivity contribution is 0.551. The summed E-state index contributed by atoms with van der Waals surface area (Å²) in [4.78, 5) is 16.8. The second kappa shape index (κ2) is 5.53. The molecule has 1 N–H and O–H groups in total. The highest BCUT2D eigenvalue weighted by molar-refractivity contribution is 5.99. The van der Waals surface area contributed by atoms with Gasteiger partial charge in [0.2, 0.25) is 5.95 Å². The minimum absolute atomic E-state index is 0.0871. The third-order valence-electron chi connectivity index (χ3n) is 3.83. The summed E-state index contributed by atoms with van der Waals surface area (Å²) >= 11 is 0. The van der Waals surface area contributed by atoms with E-state index in [1.807, 2.05) is 6.20 Å². The van der Waals surface area contributed by atoms with Crippen LogP contribution in [0.15, 0.2) is 24.5 Å². The minimum Gasteiger partial charge on any atom is -0.541 e. The van der Waals surface area contributed by atoms with Gasteiger partial charge in [-0.25, -0.2) is 4.98 Å². The molecule has 3 aromatic heterocycles. The van der Waals surface area contributed by atoms with E-state index >= 15 is 0 Å². The van der Waals surface area contributed by atoms with Gasteiger partial charge in [-0.05, 0) is 37.3 Å². The molecule has 114 valence electrons. The zero-order chi connectivity index (χ0) is 15.8. The SMILES string of the molecule is [B]Oc1nc(C)nc(NCc2cn3cc(C4CC4)ccc3n2)n1. The molecule has 0 atom stereocenters. The van der Waals surface area contributed by atoms with Gasteiger partial charge < -0.3 is 14.4 Å². The van der Waals surface area contributed by atoms with Crippen LogP contribution in [-0.2, 0) is 6.54 Å². The van der Waals surface area contributed by atoms with E-state index in [0.717, 1.165) is 17.3 Å². The van der Waals surface area contributed by atoms with Gasteiger partial charge in [-0.3, -0.25) is 0 Å². The number of nitrogens with one attached hydrogen (secondary N) is 1. The molecule has 1 fully saturated rings. The number of rotatable bonds is 5. The first-order valence-electron chi connectivity index (χ1n) is 7.52. The number of aromatic nitrogens is 5. The molecule has 3 heterocycles. The fraction of sp³-hybridized carbons (Fsp3) is 0.333. The second-order valence-electron chi connectivity index (χ2n) is 5.69. The largest absolute Gasteiger partial charge is 0.541 e. The van der Waals surface area contributed by atoms with E-state index in [0.29, 0.717) is 18.3 Å². The van der Waals surface area contributed by atoms with Crippen LogP contribution >= 0.6 is 0 Å². The first-order chi connectivity index (χ1) is 11.2. The lowest BCUT2D eigenvalue weighted by Crippen LogP contribution is -2.07. The minimum atomic E-state index is 0.0871. The third kappa shape index (κ3) is 2.97. The number of fused-ring (bicyclic) bond motifs is 1. The van der Waals surface area contributed by atoms with E-state index in [1.54, 1.807) is 6.92 Å². The Morgan fingerprint density at radius 2 is 2.09 bits per heavy atom. The molecular weight excluding hydrogens is 291 g/mol. The van der Waals surface area contributed by atoms with Crippen molar-refractivity contribution in [2.75, 3.05) is 5.32 Å². The van der Waals surface area contributed by atoms with Crippen LogP contribution in [0.2, 0.25) is 0 Å². The highest BCUT2D eigenvalue weighted by atomic mass is 16.4. The Labute approximate surface area is 134 Å². The molecule has 0 spiro atoms. The van der Waals surface area contributed by atoms with Crippen LogP contribution in [0, 0.1) is 6.92 Å². The number of nitrogens with zero attached hydrogens (tertiary/aromatic N) is 5. The quantitative estimate of drug-likeness (QED) is 0.724. The number of hydrogen-bond donors (Lipinski definition) is 1. The molecule has 2 radical (unpaired) electrons. The molecule has 1 aliphatic rings. The van der Waals surface area contributed by atoms with Gasteiger partial charge in [0.15, 0.2) is 0 Å². The summed E-state index contributed by atoms with van der Waals surface area (Å²) in [5, 5.41) is 3.11. The predicted molar refractivity (Wildman–Crippen MR) is 85.4 cm³/mol. The average molecular weight is 306 g/mol. The molecule has 1 aliphatic carbocycles. The molecular formula is C15H15BN6O. The van der Waals surface area contributed by atoms with Crippen LogP contribution in [-0.4, -0.2) is 32.4 Å². The number of hydrogen-bond acceptors (Lipinski definition) is 6. The fourth-order valence-electron chi connectivity index (χ4n) is 2.56. The normalized spacial score (nSPS) is 14.1. The Hall–Kier alpha value is -2.64. The van der Waals surface area contributed by atoms with E-state index in [4.69, 9.17) is 8.05 Å². The molecule has 23 heavy (non-hydrogen) atoms. The zero-order valence-electron chi connectivity index (χ0n) is 12.7. The van der Waals surface area contributed by atoms with E-state index in [1.165, 1.54) is 18.4 Å². The molecule has 0 aromatic carbocycles. The van der Waals surface area contributed by atoms with Crippen LogP contribution in [0.1, 0.15) is 35.8 Å². The maximum atomic E-state index is 5.09. The predicted octanol–water partition coefficient (Wildman–Crippen LogP) is 1.78. The summed E-state index contributed by atoms with van der Waals surface area (Å²) in [6, 6.07) is 4.31. The smallest absolute Gasteiger partial charge is 0.378 e. The molecule has 0 amide bonds. The van der Waals surface area contributed by atoms with Crippen molar-refractivity contribution in [3.05, 3.63) is 41.6 Å². The summed E-state index contributed by atoms with van der Waals surface area (Å²) in [7, 11) is 5.09. The van der Waals surface area contributed by atoms with Crippen molar-refractivity contribution < 1.29 is 4.65 Å². The maximum Gasteiger partial charge on any atom is 0.378 e. The van der Waals surface area contributed by atoms with Crippen LogP contribution in [0.3, 0.4) is 0 Å². The van der Waals surface area contributed by atoms with Crippen molar-refractivity contribution in [3.63, 3.8) is 0 Å². The molecule has 7 nitrogen and oxygen atoms in total. The zero-order valence-corrected chi connectivity index (χ0v) is 12.7. The van der Waals surface area contributed by atoms with Gasteiger partial charge in [-0.15, -0.1) is 0 Å². The summed E-state index contributed by atoms with van der Waals surface area (Å²) in [6.07, 6.45) is 6.76. The van der Waals surface area contributed by atoms with Gasteiger partial charge in [0, 0.05) is 12.4 Å². The van der Waals surface area contributed by atoms with Gasteiger partial charge in [0.1, 0.15) is 11.5 Å². The van der Waals surface area contributed by atoms with Crippen LogP contribution in [0.4, 0.5) is 5.95 Å². The highest BCUT2D eigenvalue weighted by Crippen LogP contribution is 2.39. The van der Waals surface area contributed by atoms with Crippen molar-refractivity contribution in [3.8, 4) is 6.01 Å². The topological polar surface area (TPSA) is 77.2 Å². The molecule has 1 saturated carbocycles. The number of pyridine rings is 1. The Balaban J connectivity index is 1.52. The van der Waals surface area contributed by atoms with Crippen LogP contribution < -0.4 is 9.97 Å². The fourth-order valence-corrected chi connectivity index (χ4v) is 2.56. The Kier molecular flexibility index (Phi) is 3.36. The number of aryl methyl sites for hydroxylation is 1. The van der Waals surface area contributed by atoms with Gasteiger partial charge >= 0.3 is 14.1 Å². The number of imidazole rings is 1.